The van der Waals surface area contributed by atoms with Gasteiger partial charge in [-0.05, 0) is 6.92 Å². The second-order valence-electron chi connectivity index (χ2n) is 4.74. The zero-order valence-electron chi connectivity index (χ0n) is 11.7. The van der Waals surface area contributed by atoms with Gasteiger partial charge in [0.2, 0.25) is 0 Å². The van der Waals surface area contributed by atoms with E-state index < -0.39 is 0 Å². The lowest BCUT2D eigenvalue weighted by Gasteiger charge is -1.99. The van der Waals surface area contributed by atoms with Gasteiger partial charge in [0.15, 0.2) is 10.8 Å². The maximum Gasteiger partial charge on any atom is 0.195 e. The van der Waals surface area contributed by atoms with Crippen LogP contribution < -0.4 is 0 Å². The van der Waals surface area contributed by atoms with E-state index in [1.54, 1.807) is 12.3 Å². The smallest absolute Gasteiger partial charge is 0.195 e. The molecule has 0 atom stereocenters. The van der Waals surface area contributed by atoms with Gasteiger partial charge in [-0.3, -0.25) is 0 Å². The summed E-state index contributed by atoms with van der Waals surface area (Å²) in [5.74, 6) is 1.40. The van der Waals surface area contributed by atoms with Crippen LogP contribution in [0.15, 0.2) is 57.0 Å². The summed E-state index contributed by atoms with van der Waals surface area (Å²) in [5, 5.41) is 10.7. The molecule has 0 aliphatic carbocycles. The van der Waals surface area contributed by atoms with Crippen LogP contribution in [0, 0.1) is 6.92 Å². The third-order valence-corrected chi connectivity index (χ3v) is 4.18. The Bertz CT molecular complexity index is 895. The Kier molecular flexibility index (Phi) is 3.08. The summed E-state index contributed by atoms with van der Waals surface area (Å²) in [5.41, 5.74) is 3.54. The molecule has 0 fully saturated rings. The molecule has 0 amide bonds. The minimum Gasteiger partial charge on any atom is -0.360 e. The fourth-order valence-corrected chi connectivity index (χ4v) is 3.06. The zero-order valence-corrected chi connectivity index (χ0v) is 12.5. The van der Waals surface area contributed by atoms with Gasteiger partial charge < -0.3 is 9.05 Å². The number of rotatable bonds is 3. The molecule has 3 aromatic heterocycles. The highest BCUT2D eigenvalue weighted by Gasteiger charge is 2.20. The van der Waals surface area contributed by atoms with Gasteiger partial charge in [0, 0.05) is 17.0 Å². The van der Waals surface area contributed by atoms with E-state index in [9.17, 15) is 0 Å². The standard InChI is InChI=1S/C16H11N3O2S/c1-10-14(15(19-20-10)11-5-3-2-4-6-11)12-9-22-16(18-12)13-7-8-17-21-13/h2-9H,1H3. The molecule has 1 aromatic carbocycles. The summed E-state index contributed by atoms with van der Waals surface area (Å²) >= 11 is 1.50. The van der Waals surface area contributed by atoms with E-state index in [4.69, 9.17) is 9.05 Å². The SMILES string of the molecule is Cc1onc(-c2ccccc2)c1-c1csc(-c2ccno2)n1. The van der Waals surface area contributed by atoms with E-state index in [0.717, 1.165) is 33.3 Å². The van der Waals surface area contributed by atoms with E-state index in [2.05, 4.69) is 15.3 Å². The van der Waals surface area contributed by atoms with Crippen LogP contribution in [0.3, 0.4) is 0 Å². The molecule has 0 saturated carbocycles. The molecule has 0 bridgehead atoms. The van der Waals surface area contributed by atoms with Crippen molar-refractivity contribution >= 4 is 11.3 Å². The summed E-state index contributed by atoms with van der Waals surface area (Å²) in [6, 6.07) is 11.7. The van der Waals surface area contributed by atoms with Gasteiger partial charge in [0.25, 0.3) is 0 Å². The van der Waals surface area contributed by atoms with Crippen LogP contribution in [0.4, 0.5) is 0 Å². The Balaban J connectivity index is 1.82. The topological polar surface area (TPSA) is 65.0 Å². The highest BCUT2D eigenvalue weighted by atomic mass is 32.1. The molecular weight excluding hydrogens is 298 g/mol. The van der Waals surface area contributed by atoms with Crippen molar-refractivity contribution in [1.29, 1.82) is 0 Å². The van der Waals surface area contributed by atoms with Crippen molar-refractivity contribution in [2.45, 2.75) is 6.92 Å². The molecule has 22 heavy (non-hydrogen) atoms. The van der Waals surface area contributed by atoms with E-state index in [-0.39, 0.29) is 0 Å². The number of hydrogen-bond acceptors (Lipinski definition) is 6. The van der Waals surface area contributed by atoms with Gasteiger partial charge in [-0.25, -0.2) is 4.98 Å². The molecule has 3 heterocycles. The first-order chi connectivity index (χ1) is 10.8. The zero-order chi connectivity index (χ0) is 14.9. The Labute approximate surface area is 130 Å². The van der Waals surface area contributed by atoms with Crippen LogP contribution in [0.1, 0.15) is 5.76 Å². The molecule has 4 aromatic rings. The summed E-state index contributed by atoms with van der Waals surface area (Å²) in [4.78, 5) is 4.63. The molecule has 0 unspecified atom stereocenters. The van der Waals surface area contributed by atoms with E-state index >= 15 is 0 Å². The highest BCUT2D eigenvalue weighted by Crippen LogP contribution is 2.36. The van der Waals surface area contributed by atoms with Gasteiger partial charge in [0.05, 0.1) is 17.5 Å². The molecule has 0 aliphatic rings. The third kappa shape index (κ3) is 2.14. The van der Waals surface area contributed by atoms with Crippen LogP contribution in [0.5, 0.6) is 0 Å². The summed E-state index contributed by atoms with van der Waals surface area (Å²) < 4.78 is 10.5. The van der Waals surface area contributed by atoms with E-state index in [0.29, 0.717) is 5.76 Å². The molecule has 4 rings (SSSR count). The number of nitrogens with zero attached hydrogens (tertiary/aromatic N) is 3. The molecule has 0 radical (unpaired) electrons. The second kappa shape index (κ2) is 5.23. The van der Waals surface area contributed by atoms with Gasteiger partial charge in [0.1, 0.15) is 11.5 Å². The lowest BCUT2D eigenvalue weighted by atomic mass is 10.0. The lowest BCUT2D eigenvalue weighted by molar-refractivity contribution is 0.400. The average molecular weight is 309 g/mol. The van der Waals surface area contributed by atoms with Crippen LogP contribution in [-0.2, 0) is 0 Å². The Hall–Kier alpha value is -2.73. The van der Waals surface area contributed by atoms with E-state index in [1.807, 2.05) is 42.6 Å². The maximum atomic E-state index is 5.38. The molecule has 5 nitrogen and oxygen atoms in total. The van der Waals surface area contributed by atoms with Crippen molar-refractivity contribution in [3.05, 3.63) is 53.7 Å². The van der Waals surface area contributed by atoms with Crippen LogP contribution in [0.25, 0.3) is 33.3 Å². The number of aryl methyl sites for hydroxylation is 1. The minimum atomic E-state index is 0.659. The predicted octanol–water partition coefficient (Wildman–Crippen LogP) is 4.43. The monoisotopic (exact) mass is 309 g/mol. The van der Waals surface area contributed by atoms with Gasteiger partial charge in [-0.1, -0.05) is 40.6 Å². The Morgan fingerprint density at radius 3 is 2.68 bits per heavy atom. The fourth-order valence-electron chi connectivity index (χ4n) is 2.29. The van der Waals surface area contributed by atoms with Gasteiger partial charge in [-0.15, -0.1) is 11.3 Å². The average Bonchev–Trinajstić information content (AvgIpc) is 3.27. The van der Waals surface area contributed by atoms with Crippen LogP contribution in [-0.4, -0.2) is 15.3 Å². The normalized spacial score (nSPS) is 11.0. The van der Waals surface area contributed by atoms with Crippen molar-refractivity contribution in [1.82, 2.24) is 15.3 Å². The third-order valence-electron chi connectivity index (χ3n) is 3.32. The first-order valence-electron chi connectivity index (χ1n) is 6.71. The van der Waals surface area contributed by atoms with Crippen molar-refractivity contribution in [2.75, 3.05) is 0 Å². The molecule has 0 spiro atoms. The Morgan fingerprint density at radius 2 is 1.91 bits per heavy atom. The highest BCUT2D eigenvalue weighted by molar-refractivity contribution is 7.13. The van der Waals surface area contributed by atoms with E-state index in [1.165, 1.54) is 11.3 Å². The number of hydrogen-bond donors (Lipinski definition) is 0. The van der Waals surface area contributed by atoms with Crippen LogP contribution >= 0.6 is 11.3 Å². The van der Waals surface area contributed by atoms with Crippen molar-refractivity contribution < 1.29 is 9.05 Å². The Morgan fingerprint density at radius 1 is 1.05 bits per heavy atom. The van der Waals surface area contributed by atoms with Crippen molar-refractivity contribution in [2.24, 2.45) is 0 Å². The molecule has 108 valence electrons. The van der Waals surface area contributed by atoms with Crippen molar-refractivity contribution in [3.63, 3.8) is 0 Å². The number of thiazole rings is 1. The molecule has 0 aliphatic heterocycles. The molecular formula is C16H11N3O2S. The van der Waals surface area contributed by atoms with Crippen LogP contribution in [0.2, 0.25) is 0 Å². The predicted molar refractivity (Wildman–Crippen MR) is 83.3 cm³/mol. The van der Waals surface area contributed by atoms with Gasteiger partial charge >= 0.3 is 0 Å². The first kappa shape index (κ1) is 13.0. The second-order valence-corrected chi connectivity index (χ2v) is 5.60. The van der Waals surface area contributed by atoms with Gasteiger partial charge in [-0.2, -0.15) is 0 Å². The summed E-state index contributed by atoms with van der Waals surface area (Å²) in [6.45, 7) is 1.89. The number of benzene rings is 1. The molecule has 0 saturated heterocycles. The lowest BCUT2D eigenvalue weighted by Crippen LogP contribution is -1.84. The largest absolute Gasteiger partial charge is 0.360 e. The summed E-state index contributed by atoms with van der Waals surface area (Å²) in [6.07, 6.45) is 1.61. The number of aromatic nitrogens is 3. The molecule has 0 N–H and O–H groups in total. The minimum absolute atomic E-state index is 0.659. The molecule has 6 heteroatoms. The maximum absolute atomic E-state index is 5.38. The van der Waals surface area contributed by atoms with Crippen molar-refractivity contribution in [3.8, 4) is 33.3 Å². The first-order valence-corrected chi connectivity index (χ1v) is 7.59. The summed E-state index contributed by atoms with van der Waals surface area (Å²) in [7, 11) is 0. The fraction of sp³-hybridized carbons (Fsp3) is 0.0625. The quantitative estimate of drug-likeness (QED) is 0.560.